The second kappa shape index (κ2) is 5.15. The van der Waals surface area contributed by atoms with E-state index in [1.165, 1.54) is 0 Å². The van der Waals surface area contributed by atoms with Crippen LogP contribution < -0.4 is 5.73 Å². The monoisotopic (exact) mass is 248 g/mol. The van der Waals surface area contributed by atoms with Gasteiger partial charge in [0.05, 0.1) is 5.52 Å². The quantitative estimate of drug-likeness (QED) is 0.844. The number of rotatable bonds is 4. The normalized spacial score (nSPS) is 12.5. The smallest absolute Gasteiger partial charge is 0.235 e. The second-order valence-electron chi connectivity index (χ2n) is 3.94. The highest BCUT2D eigenvalue weighted by molar-refractivity contribution is 6.30. The molecule has 0 radical (unpaired) electrons. The molecule has 1 amide bonds. The van der Waals surface area contributed by atoms with Gasteiger partial charge in [0.15, 0.2) is 0 Å². The van der Waals surface area contributed by atoms with E-state index in [1.807, 2.05) is 24.3 Å². The van der Waals surface area contributed by atoms with Crippen LogP contribution in [0.4, 0.5) is 0 Å². The summed E-state index contributed by atoms with van der Waals surface area (Å²) in [6.45, 7) is 0. The van der Waals surface area contributed by atoms with Crippen LogP contribution in [0.3, 0.4) is 0 Å². The SMILES string of the molecule is NC(=O)C(Cl)CCc1ccc2ncccc2c1. The lowest BCUT2D eigenvalue weighted by atomic mass is 10.1. The number of benzene rings is 1. The first-order chi connectivity index (χ1) is 8.16. The largest absolute Gasteiger partial charge is 0.368 e. The van der Waals surface area contributed by atoms with Crippen molar-refractivity contribution in [2.75, 3.05) is 0 Å². The molecule has 0 aliphatic heterocycles. The van der Waals surface area contributed by atoms with E-state index in [-0.39, 0.29) is 0 Å². The van der Waals surface area contributed by atoms with E-state index in [4.69, 9.17) is 17.3 Å². The number of hydrogen-bond donors (Lipinski definition) is 1. The minimum Gasteiger partial charge on any atom is -0.368 e. The van der Waals surface area contributed by atoms with E-state index in [2.05, 4.69) is 11.1 Å². The molecule has 0 fully saturated rings. The predicted octanol–water partition coefficient (Wildman–Crippen LogP) is 2.26. The van der Waals surface area contributed by atoms with Gasteiger partial charge in [0.25, 0.3) is 0 Å². The van der Waals surface area contributed by atoms with E-state index < -0.39 is 11.3 Å². The first kappa shape index (κ1) is 11.9. The van der Waals surface area contributed by atoms with Gasteiger partial charge in [-0.05, 0) is 36.6 Å². The van der Waals surface area contributed by atoms with Crippen molar-refractivity contribution in [3.05, 3.63) is 42.1 Å². The average molecular weight is 249 g/mol. The Hall–Kier alpha value is -1.61. The molecule has 17 heavy (non-hydrogen) atoms. The minimum absolute atomic E-state index is 0.464. The van der Waals surface area contributed by atoms with Crippen molar-refractivity contribution >= 4 is 28.4 Å². The summed E-state index contributed by atoms with van der Waals surface area (Å²) in [4.78, 5) is 15.1. The van der Waals surface area contributed by atoms with Crippen LogP contribution in [0.1, 0.15) is 12.0 Å². The van der Waals surface area contributed by atoms with Gasteiger partial charge >= 0.3 is 0 Å². The van der Waals surface area contributed by atoms with Crippen molar-refractivity contribution < 1.29 is 4.79 Å². The van der Waals surface area contributed by atoms with Gasteiger partial charge in [-0.3, -0.25) is 9.78 Å². The van der Waals surface area contributed by atoms with Crippen LogP contribution in [-0.2, 0) is 11.2 Å². The Morgan fingerprint density at radius 2 is 2.24 bits per heavy atom. The zero-order valence-electron chi connectivity index (χ0n) is 9.27. The molecule has 0 aliphatic carbocycles. The van der Waals surface area contributed by atoms with Gasteiger partial charge < -0.3 is 5.73 Å². The molecular formula is C13H13ClN2O. The molecule has 88 valence electrons. The number of pyridine rings is 1. The zero-order valence-corrected chi connectivity index (χ0v) is 10.0. The van der Waals surface area contributed by atoms with Crippen LogP contribution >= 0.6 is 11.6 Å². The van der Waals surface area contributed by atoms with Crippen molar-refractivity contribution in [3.8, 4) is 0 Å². The third-order valence-corrected chi connectivity index (χ3v) is 3.10. The Labute approximate surface area is 105 Å². The predicted molar refractivity (Wildman–Crippen MR) is 68.9 cm³/mol. The Morgan fingerprint density at radius 1 is 1.41 bits per heavy atom. The topological polar surface area (TPSA) is 56.0 Å². The fraction of sp³-hybridized carbons (Fsp3) is 0.231. The molecule has 1 aromatic heterocycles. The van der Waals surface area contributed by atoms with Crippen molar-refractivity contribution in [1.29, 1.82) is 0 Å². The maximum atomic E-state index is 10.8. The maximum Gasteiger partial charge on any atom is 0.235 e. The van der Waals surface area contributed by atoms with Gasteiger partial charge in [-0.1, -0.05) is 12.1 Å². The molecule has 3 nitrogen and oxygen atoms in total. The number of fused-ring (bicyclic) bond motifs is 1. The third kappa shape index (κ3) is 2.94. The summed E-state index contributed by atoms with van der Waals surface area (Å²) >= 11 is 5.80. The van der Waals surface area contributed by atoms with Crippen molar-refractivity contribution in [2.24, 2.45) is 5.73 Å². The number of amides is 1. The molecular weight excluding hydrogens is 236 g/mol. The minimum atomic E-state index is -0.598. The number of aromatic nitrogens is 1. The van der Waals surface area contributed by atoms with Gasteiger partial charge in [0, 0.05) is 11.6 Å². The lowest BCUT2D eigenvalue weighted by molar-refractivity contribution is -0.117. The van der Waals surface area contributed by atoms with E-state index in [9.17, 15) is 4.79 Å². The summed E-state index contributed by atoms with van der Waals surface area (Å²) in [6.07, 6.45) is 3.06. The molecule has 0 spiro atoms. The van der Waals surface area contributed by atoms with Crippen molar-refractivity contribution in [1.82, 2.24) is 4.98 Å². The maximum absolute atomic E-state index is 10.8. The number of nitrogens with two attached hydrogens (primary N) is 1. The average Bonchev–Trinajstić information content (AvgIpc) is 2.35. The number of alkyl halides is 1. The lowest BCUT2D eigenvalue weighted by Crippen LogP contribution is -2.23. The first-order valence-corrected chi connectivity index (χ1v) is 5.87. The van der Waals surface area contributed by atoms with E-state index >= 15 is 0 Å². The van der Waals surface area contributed by atoms with Crippen LogP contribution in [0.2, 0.25) is 0 Å². The molecule has 0 aliphatic rings. The first-order valence-electron chi connectivity index (χ1n) is 5.44. The number of carbonyl (C=O) groups is 1. The summed E-state index contributed by atoms with van der Waals surface area (Å²) in [6, 6.07) is 9.95. The fourth-order valence-corrected chi connectivity index (χ4v) is 1.83. The summed E-state index contributed by atoms with van der Waals surface area (Å²) in [7, 11) is 0. The highest BCUT2D eigenvalue weighted by Crippen LogP contribution is 2.16. The van der Waals surface area contributed by atoms with Crippen LogP contribution in [0.5, 0.6) is 0 Å². The molecule has 1 heterocycles. The number of halogens is 1. The Kier molecular flexibility index (Phi) is 3.59. The van der Waals surface area contributed by atoms with Crippen LogP contribution in [0, 0.1) is 0 Å². The molecule has 2 rings (SSSR count). The molecule has 0 saturated heterocycles. The van der Waals surface area contributed by atoms with Crippen LogP contribution in [0.15, 0.2) is 36.5 Å². The van der Waals surface area contributed by atoms with Gasteiger partial charge in [-0.25, -0.2) is 0 Å². The number of hydrogen-bond acceptors (Lipinski definition) is 2. The number of aryl methyl sites for hydroxylation is 1. The van der Waals surface area contributed by atoms with Gasteiger partial charge in [0.1, 0.15) is 5.38 Å². The highest BCUT2D eigenvalue weighted by atomic mass is 35.5. The summed E-state index contributed by atoms with van der Waals surface area (Å²) in [5, 5.41) is 0.495. The molecule has 2 aromatic rings. The highest BCUT2D eigenvalue weighted by Gasteiger charge is 2.10. The van der Waals surface area contributed by atoms with E-state index in [1.54, 1.807) is 6.20 Å². The van der Waals surface area contributed by atoms with Gasteiger partial charge in [0.2, 0.25) is 5.91 Å². The van der Waals surface area contributed by atoms with E-state index in [0.29, 0.717) is 6.42 Å². The lowest BCUT2D eigenvalue weighted by Gasteiger charge is -2.06. The van der Waals surface area contributed by atoms with Gasteiger partial charge in [-0.15, -0.1) is 11.6 Å². The van der Waals surface area contributed by atoms with Crippen molar-refractivity contribution in [3.63, 3.8) is 0 Å². The second-order valence-corrected chi connectivity index (χ2v) is 4.47. The molecule has 1 atom stereocenters. The Balaban J connectivity index is 2.12. The number of primary amides is 1. The zero-order chi connectivity index (χ0) is 12.3. The number of carbonyl (C=O) groups excluding carboxylic acids is 1. The number of nitrogens with zero attached hydrogens (tertiary/aromatic N) is 1. The third-order valence-electron chi connectivity index (χ3n) is 2.66. The molecule has 2 N–H and O–H groups in total. The molecule has 4 heteroatoms. The van der Waals surface area contributed by atoms with Crippen LogP contribution in [-0.4, -0.2) is 16.3 Å². The van der Waals surface area contributed by atoms with Crippen molar-refractivity contribution in [2.45, 2.75) is 18.2 Å². The van der Waals surface area contributed by atoms with Gasteiger partial charge in [-0.2, -0.15) is 0 Å². The molecule has 0 saturated carbocycles. The standard InChI is InChI=1S/C13H13ClN2O/c14-11(13(15)17)5-3-9-4-6-12-10(8-9)2-1-7-16-12/h1-2,4,6-8,11H,3,5H2,(H2,15,17). The molecule has 0 bridgehead atoms. The molecule has 1 unspecified atom stereocenters. The summed E-state index contributed by atoms with van der Waals surface area (Å²) in [5.41, 5.74) is 7.21. The molecule has 1 aromatic carbocycles. The Bertz CT molecular complexity index is 542. The summed E-state index contributed by atoms with van der Waals surface area (Å²) < 4.78 is 0. The van der Waals surface area contributed by atoms with Crippen LogP contribution in [0.25, 0.3) is 10.9 Å². The summed E-state index contributed by atoms with van der Waals surface area (Å²) in [5.74, 6) is -0.464. The van der Waals surface area contributed by atoms with E-state index in [0.717, 1.165) is 22.9 Å². The Morgan fingerprint density at radius 3 is 3.00 bits per heavy atom. The fourth-order valence-electron chi connectivity index (χ4n) is 1.72.